The third kappa shape index (κ3) is 0.852. The molecule has 0 radical (unpaired) electrons. The highest BCUT2D eigenvalue weighted by Crippen LogP contribution is 2.18. The van der Waals surface area contributed by atoms with Crippen LogP contribution in [0.4, 0.5) is 4.79 Å². The fourth-order valence-corrected chi connectivity index (χ4v) is 1.13. The lowest BCUT2D eigenvalue weighted by molar-refractivity contribution is 0.196. The maximum atomic E-state index is 10.6. The zero-order valence-electron chi connectivity index (χ0n) is 6.14. The summed E-state index contributed by atoms with van der Waals surface area (Å²) in [5, 5.41) is 8.72. The van der Waals surface area contributed by atoms with Gasteiger partial charge in [0, 0.05) is 18.0 Å². The Labute approximate surface area is 68.4 Å². The van der Waals surface area contributed by atoms with Crippen molar-refractivity contribution < 1.29 is 9.90 Å². The first kappa shape index (κ1) is 6.84. The van der Waals surface area contributed by atoms with Gasteiger partial charge in [-0.3, -0.25) is 0 Å². The number of pyridine rings is 1. The Morgan fingerprint density at radius 1 is 1.50 bits per heavy atom. The summed E-state index contributed by atoms with van der Waals surface area (Å²) < 4.78 is 1.09. The SMILES string of the molecule is O=C(O)n1cccc2ccnc1-2. The van der Waals surface area contributed by atoms with Gasteiger partial charge in [0.15, 0.2) is 0 Å². The summed E-state index contributed by atoms with van der Waals surface area (Å²) in [6.45, 7) is 0. The van der Waals surface area contributed by atoms with Crippen LogP contribution < -0.4 is 0 Å². The maximum absolute atomic E-state index is 10.6. The molecule has 0 spiro atoms. The van der Waals surface area contributed by atoms with E-state index < -0.39 is 6.09 Å². The van der Waals surface area contributed by atoms with Gasteiger partial charge in [0.25, 0.3) is 0 Å². The number of fused-ring (bicyclic) bond motifs is 1. The molecule has 4 nitrogen and oxygen atoms in total. The molecule has 0 aromatic carbocycles. The first-order valence-electron chi connectivity index (χ1n) is 3.44. The van der Waals surface area contributed by atoms with Gasteiger partial charge in [-0.2, -0.15) is 0 Å². The van der Waals surface area contributed by atoms with Gasteiger partial charge < -0.3 is 5.11 Å². The number of hydrogen-bond donors (Lipinski definition) is 1. The number of carboxylic acid groups (broad SMARTS) is 1. The highest BCUT2D eigenvalue weighted by atomic mass is 16.4. The van der Waals surface area contributed by atoms with E-state index in [1.54, 1.807) is 18.3 Å². The van der Waals surface area contributed by atoms with Gasteiger partial charge >= 0.3 is 6.09 Å². The van der Waals surface area contributed by atoms with Gasteiger partial charge in [0.2, 0.25) is 0 Å². The van der Waals surface area contributed by atoms with Crippen LogP contribution in [-0.2, 0) is 0 Å². The third-order valence-electron chi connectivity index (χ3n) is 1.65. The van der Waals surface area contributed by atoms with E-state index in [1.807, 2.05) is 6.07 Å². The van der Waals surface area contributed by atoms with Crippen LogP contribution in [0.2, 0.25) is 0 Å². The summed E-state index contributed by atoms with van der Waals surface area (Å²) in [6, 6.07) is 5.27. The van der Waals surface area contributed by atoms with Crippen molar-refractivity contribution in [1.29, 1.82) is 0 Å². The smallest absolute Gasteiger partial charge is 0.417 e. The Hall–Kier alpha value is -1.84. The van der Waals surface area contributed by atoms with Crippen LogP contribution in [-0.4, -0.2) is 20.8 Å². The molecule has 0 unspecified atom stereocenters. The molecule has 0 fully saturated rings. The Kier molecular flexibility index (Phi) is 1.33. The molecule has 2 heterocycles. The number of hydrogen-bond acceptors (Lipinski definition) is 2. The maximum Gasteiger partial charge on any atom is 0.417 e. The minimum atomic E-state index is -1.01. The average molecular weight is 162 g/mol. The van der Waals surface area contributed by atoms with Crippen LogP contribution >= 0.6 is 0 Å². The number of rotatable bonds is 0. The topological polar surface area (TPSA) is 55.1 Å². The van der Waals surface area contributed by atoms with E-state index in [0.717, 1.165) is 10.1 Å². The molecule has 2 aliphatic rings. The summed E-state index contributed by atoms with van der Waals surface area (Å²) in [4.78, 5) is 14.6. The molecule has 0 aromatic rings. The molecule has 60 valence electrons. The Morgan fingerprint density at radius 3 is 3.08 bits per heavy atom. The average Bonchev–Trinajstić information content (AvgIpc) is 2.49. The van der Waals surface area contributed by atoms with Crippen molar-refractivity contribution in [3.05, 3.63) is 30.6 Å². The van der Waals surface area contributed by atoms with Crippen LogP contribution in [0.1, 0.15) is 0 Å². The summed E-state index contributed by atoms with van der Waals surface area (Å²) in [5.74, 6) is 0.477. The molecule has 2 aliphatic heterocycles. The third-order valence-corrected chi connectivity index (χ3v) is 1.65. The molecule has 0 aliphatic carbocycles. The van der Waals surface area contributed by atoms with Crippen molar-refractivity contribution in [2.45, 2.75) is 0 Å². The predicted molar refractivity (Wildman–Crippen MR) is 42.3 cm³/mol. The molecule has 0 atom stereocenters. The molecule has 4 heteroatoms. The van der Waals surface area contributed by atoms with E-state index in [0.29, 0.717) is 5.82 Å². The van der Waals surface area contributed by atoms with Gasteiger partial charge in [-0.05, 0) is 18.2 Å². The minimum absolute atomic E-state index is 0.477. The lowest BCUT2D eigenvalue weighted by Crippen LogP contribution is -2.10. The van der Waals surface area contributed by atoms with Crippen molar-refractivity contribution in [1.82, 2.24) is 9.55 Å². The van der Waals surface area contributed by atoms with Crippen LogP contribution in [0, 0.1) is 0 Å². The molecular formula is C8H6N2O2. The molecule has 0 saturated heterocycles. The summed E-state index contributed by atoms with van der Waals surface area (Å²) in [6.07, 6.45) is 2.04. The second-order valence-electron chi connectivity index (χ2n) is 2.38. The molecule has 0 bridgehead atoms. The highest BCUT2D eigenvalue weighted by Gasteiger charge is 2.10. The van der Waals surface area contributed by atoms with Crippen molar-refractivity contribution in [3.63, 3.8) is 0 Å². The van der Waals surface area contributed by atoms with Crippen molar-refractivity contribution in [2.24, 2.45) is 0 Å². The normalized spacial score (nSPS) is 10.3. The minimum Gasteiger partial charge on any atom is -0.464 e. The lowest BCUT2D eigenvalue weighted by Gasteiger charge is -2.04. The Bertz CT molecular complexity index is 394. The van der Waals surface area contributed by atoms with Crippen LogP contribution in [0.15, 0.2) is 30.6 Å². The molecule has 0 amide bonds. The van der Waals surface area contributed by atoms with E-state index in [4.69, 9.17) is 5.11 Å². The van der Waals surface area contributed by atoms with Gasteiger partial charge in [-0.25, -0.2) is 14.3 Å². The van der Waals surface area contributed by atoms with E-state index in [2.05, 4.69) is 4.98 Å². The second kappa shape index (κ2) is 2.34. The number of carbonyl (C=O) groups is 1. The molecule has 1 N–H and O–H groups in total. The van der Waals surface area contributed by atoms with Gasteiger partial charge in [-0.15, -0.1) is 0 Å². The number of aromatic nitrogens is 2. The standard InChI is InChI=1S/C8H6N2O2/c11-8(12)10-5-1-2-6-3-4-9-7(6)10/h1-5H,(H,11,12). The summed E-state index contributed by atoms with van der Waals surface area (Å²) in [7, 11) is 0. The fourth-order valence-electron chi connectivity index (χ4n) is 1.13. The fraction of sp³-hybridized carbons (Fsp3) is 0. The van der Waals surface area contributed by atoms with Crippen molar-refractivity contribution in [2.75, 3.05) is 0 Å². The first-order valence-corrected chi connectivity index (χ1v) is 3.44. The number of nitrogens with zero attached hydrogens (tertiary/aromatic N) is 2. The van der Waals surface area contributed by atoms with Crippen molar-refractivity contribution >= 4 is 6.09 Å². The molecular weight excluding hydrogens is 156 g/mol. The highest BCUT2D eigenvalue weighted by molar-refractivity contribution is 5.75. The van der Waals surface area contributed by atoms with E-state index in [1.165, 1.54) is 6.20 Å². The summed E-state index contributed by atoms with van der Waals surface area (Å²) >= 11 is 0. The van der Waals surface area contributed by atoms with Crippen molar-refractivity contribution in [3.8, 4) is 11.4 Å². The Morgan fingerprint density at radius 2 is 2.33 bits per heavy atom. The Balaban J connectivity index is 2.71. The molecule has 2 rings (SSSR count). The van der Waals surface area contributed by atoms with Gasteiger partial charge in [0.1, 0.15) is 5.82 Å². The van der Waals surface area contributed by atoms with Gasteiger partial charge in [0.05, 0.1) is 0 Å². The lowest BCUT2D eigenvalue weighted by atomic mass is 10.2. The van der Waals surface area contributed by atoms with Crippen LogP contribution in [0.25, 0.3) is 11.4 Å². The molecule has 0 saturated carbocycles. The quantitative estimate of drug-likeness (QED) is 0.638. The molecule has 12 heavy (non-hydrogen) atoms. The van der Waals surface area contributed by atoms with E-state index in [9.17, 15) is 4.79 Å². The summed E-state index contributed by atoms with van der Waals surface area (Å²) in [5.41, 5.74) is 0.833. The van der Waals surface area contributed by atoms with Crippen LogP contribution in [0.5, 0.6) is 0 Å². The zero-order valence-corrected chi connectivity index (χ0v) is 6.14. The predicted octanol–water partition coefficient (Wildman–Crippen LogP) is 1.51. The first-order chi connectivity index (χ1) is 5.79. The second-order valence-corrected chi connectivity index (χ2v) is 2.38. The molecule has 0 aromatic heterocycles. The monoisotopic (exact) mass is 162 g/mol. The van der Waals surface area contributed by atoms with E-state index in [-0.39, 0.29) is 0 Å². The zero-order chi connectivity index (χ0) is 8.55. The van der Waals surface area contributed by atoms with E-state index >= 15 is 0 Å². The van der Waals surface area contributed by atoms with Gasteiger partial charge in [-0.1, -0.05) is 0 Å². The van der Waals surface area contributed by atoms with Crippen LogP contribution in [0.3, 0.4) is 0 Å². The largest absolute Gasteiger partial charge is 0.464 e.